The van der Waals surface area contributed by atoms with Crippen LogP contribution in [0.15, 0.2) is 0 Å². The van der Waals surface area contributed by atoms with Gasteiger partial charge in [-0.1, -0.05) is 25.1 Å². The number of thiocarbonyl (C=S) groups is 1. The number of hydrogen-bond donors (Lipinski definition) is 2. The van der Waals surface area contributed by atoms with E-state index in [0.717, 1.165) is 25.7 Å². The smallest absolute Gasteiger partial charge is 0.395 e. The van der Waals surface area contributed by atoms with Crippen molar-refractivity contribution in [3.8, 4) is 0 Å². The van der Waals surface area contributed by atoms with Crippen LogP contribution in [0.5, 0.6) is 0 Å². The maximum atomic E-state index is 12.8. The third kappa shape index (κ3) is 4.37. The highest BCUT2D eigenvalue weighted by Crippen LogP contribution is 2.29. The van der Waals surface area contributed by atoms with E-state index in [9.17, 15) is 18.3 Å². The first-order chi connectivity index (χ1) is 8.36. The number of nitrogens with two attached hydrogens (primary N) is 1. The van der Waals surface area contributed by atoms with Crippen molar-refractivity contribution in [2.24, 2.45) is 11.7 Å². The first-order valence-corrected chi connectivity index (χ1v) is 6.48. The standard InChI is InChI=1S/C11H19F3N2OS/c12-11(13,14)9(10(15)18)6-16-5-3-1-2-4-8(16)7-17/h8-9,17H,1-7H2,(H2,15,18). The molecule has 106 valence electrons. The third-order valence-corrected chi connectivity index (χ3v) is 3.65. The Balaban J connectivity index is 2.74. The van der Waals surface area contributed by atoms with Crippen LogP contribution in [0.25, 0.3) is 0 Å². The molecule has 18 heavy (non-hydrogen) atoms. The highest BCUT2D eigenvalue weighted by molar-refractivity contribution is 7.80. The molecule has 1 heterocycles. The van der Waals surface area contributed by atoms with Gasteiger partial charge in [-0.3, -0.25) is 4.90 Å². The molecule has 0 spiro atoms. The van der Waals surface area contributed by atoms with E-state index in [-0.39, 0.29) is 19.2 Å². The van der Waals surface area contributed by atoms with Gasteiger partial charge in [-0.2, -0.15) is 13.2 Å². The van der Waals surface area contributed by atoms with Crippen LogP contribution in [0.3, 0.4) is 0 Å². The Bertz CT molecular complexity index is 286. The lowest BCUT2D eigenvalue weighted by molar-refractivity contribution is -0.161. The normalized spacial score (nSPS) is 24.6. The highest BCUT2D eigenvalue weighted by Gasteiger charge is 2.43. The molecule has 1 fully saturated rings. The molecule has 0 aromatic carbocycles. The zero-order valence-corrected chi connectivity index (χ0v) is 10.9. The van der Waals surface area contributed by atoms with Crippen molar-refractivity contribution in [1.82, 2.24) is 4.90 Å². The highest BCUT2D eigenvalue weighted by atomic mass is 32.1. The molecule has 0 radical (unpaired) electrons. The second kappa shape index (κ2) is 6.68. The van der Waals surface area contributed by atoms with Gasteiger partial charge in [-0.05, 0) is 19.4 Å². The topological polar surface area (TPSA) is 49.5 Å². The molecule has 0 saturated carbocycles. The van der Waals surface area contributed by atoms with Gasteiger partial charge in [0.15, 0.2) is 0 Å². The van der Waals surface area contributed by atoms with Crippen molar-refractivity contribution in [2.45, 2.75) is 37.9 Å². The minimum Gasteiger partial charge on any atom is -0.395 e. The summed E-state index contributed by atoms with van der Waals surface area (Å²) in [6.45, 7) is 0.187. The second-order valence-electron chi connectivity index (χ2n) is 4.68. The van der Waals surface area contributed by atoms with E-state index in [1.165, 1.54) is 0 Å². The first-order valence-electron chi connectivity index (χ1n) is 6.07. The fourth-order valence-electron chi connectivity index (χ4n) is 2.27. The van der Waals surface area contributed by atoms with Crippen LogP contribution in [-0.4, -0.2) is 46.9 Å². The lowest BCUT2D eigenvalue weighted by Crippen LogP contribution is -2.47. The second-order valence-corrected chi connectivity index (χ2v) is 5.15. The fraction of sp³-hybridized carbons (Fsp3) is 0.909. The summed E-state index contributed by atoms with van der Waals surface area (Å²) in [5.41, 5.74) is 5.19. The summed E-state index contributed by atoms with van der Waals surface area (Å²) >= 11 is 4.51. The van der Waals surface area contributed by atoms with Gasteiger partial charge in [-0.25, -0.2) is 0 Å². The molecule has 0 aromatic heterocycles. The Labute approximate surface area is 110 Å². The first kappa shape index (κ1) is 15.7. The molecule has 0 aromatic rings. The molecule has 2 atom stereocenters. The maximum absolute atomic E-state index is 12.8. The molecule has 7 heteroatoms. The van der Waals surface area contributed by atoms with Gasteiger partial charge in [0.25, 0.3) is 0 Å². The molecular formula is C11H19F3N2OS. The van der Waals surface area contributed by atoms with Crippen molar-refractivity contribution < 1.29 is 18.3 Å². The molecule has 1 aliphatic rings. The Hall–Kier alpha value is -0.400. The van der Waals surface area contributed by atoms with Crippen molar-refractivity contribution in [3.05, 3.63) is 0 Å². The van der Waals surface area contributed by atoms with Gasteiger partial charge in [0.1, 0.15) is 5.92 Å². The molecule has 1 rings (SSSR count). The van der Waals surface area contributed by atoms with Gasteiger partial charge >= 0.3 is 6.18 Å². The minimum atomic E-state index is -4.42. The lowest BCUT2D eigenvalue weighted by Gasteiger charge is -2.32. The summed E-state index contributed by atoms with van der Waals surface area (Å²) in [6, 6.07) is -0.216. The van der Waals surface area contributed by atoms with Crippen LogP contribution in [0.4, 0.5) is 13.2 Å². The summed E-state index contributed by atoms with van der Waals surface area (Å²) in [5.74, 6) is -1.79. The van der Waals surface area contributed by atoms with Crippen LogP contribution in [0.2, 0.25) is 0 Å². The summed E-state index contributed by atoms with van der Waals surface area (Å²) in [6.07, 6.45) is -0.933. The average Bonchev–Trinajstić information content (AvgIpc) is 2.48. The van der Waals surface area contributed by atoms with E-state index < -0.39 is 17.1 Å². The monoisotopic (exact) mass is 284 g/mol. The van der Waals surface area contributed by atoms with E-state index in [0.29, 0.717) is 6.54 Å². The molecule has 3 N–H and O–H groups in total. The fourth-order valence-corrected chi connectivity index (χ4v) is 2.48. The number of hydrogen-bond acceptors (Lipinski definition) is 3. The van der Waals surface area contributed by atoms with Crippen molar-refractivity contribution in [1.29, 1.82) is 0 Å². The number of aliphatic hydroxyl groups is 1. The predicted octanol–water partition coefficient (Wildman–Crippen LogP) is 1.69. The third-order valence-electron chi connectivity index (χ3n) is 3.37. The summed E-state index contributed by atoms with van der Waals surface area (Å²) < 4.78 is 38.4. The number of nitrogens with zero attached hydrogens (tertiary/aromatic N) is 1. The summed E-state index contributed by atoms with van der Waals surface area (Å²) in [5, 5.41) is 9.25. The zero-order valence-electron chi connectivity index (χ0n) is 10.1. The largest absolute Gasteiger partial charge is 0.399 e. The number of likely N-dealkylation sites (tertiary alicyclic amines) is 1. The van der Waals surface area contributed by atoms with Crippen molar-refractivity contribution in [3.63, 3.8) is 0 Å². The minimum absolute atomic E-state index is 0.123. The average molecular weight is 284 g/mol. The van der Waals surface area contributed by atoms with Gasteiger partial charge < -0.3 is 10.8 Å². The van der Waals surface area contributed by atoms with Crippen molar-refractivity contribution in [2.75, 3.05) is 19.7 Å². The van der Waals surface area contributed by atoms with Gasteiger partial charge in [0.05, 0.1) is 11.6 Å². The SMILES string of the molecule is NC(=S)C(CN1CCCCCC1CO)C(F)(F)F. The number of rotatable bonds is 4. The van der Waals surface area contributed by atoms with E-state index in [2.05, 4.69) is 12.2 Å². The molecule has 0 aliphatic carbocycles. The quantitative estimate of drug-likeness (QED) is 0.771. The summed E-state index contributed by atoms with van der Waals surface area (Å²) in [7, 11) is 0. The molecule has 0 bridgehead atoms. The predicted molar refractivity (Wildman–Crippen MR) is 67.2 cm³/mol. The Kier molecular flexibility index (Phi) is 5.81. The molecule has 0 amide bonds. The van der Waals surface area contributed by atoms with Crippen LogP contribution in [0.1, 0.15) is 25.7 Å². The molecule has 3 nitrogen and oxygen atoms in total. The molecule has 1 aliphatic heterocycles. The molecule has 1 saturated heterocycles. The molecule has 2 unspecified atom stereocenters. The van der Waals surface area contributed by atoms with Crippen LogP contribution >= 0.6 is 12.2 Å². The summed E-state index contributed by atoms with van der Waals surface area (Å²) in [4.78, 5) is 1.15. The van der Waals surface area contributed by atoms with Crippen LogP contribution in [-0.2, 0) is 0 Å². The number of aliphatic hydroxyl groups excluding tert-OH is 1. The molecular weight excluding hydrogens is 265 g/mol. The Morgan fingerprint density at radius 2 is 2.06 bits per heavy atom. The zero-order chi connectivity index (χ0) is 13.8. The van der Waals surface area contributed by atoms with E-state index >= 15 is 0 Å². The number of alkyl halides is 3. The van der Waals surface area contributed by atoms with Crippen LogP contribution < -0.4 is 5.73 Å². The maximum Gasteiger partial charge on any atom is 0.399 e. The van der Waals surface area contributed by atoms with E-state index in [1.807, 2.05) is 0 Å². The van der Waals surface area contributed by atoms with Gasteiger partial charge in [0.2, 0.25) is 0 Å². The van der Waals surface area contributed by atoms with Gasteiger partial charge in [-0.15, -0.1) is 0 Å². The number of halogens is 3. The lowest BCUT2D eigenvalue weighted by atomic mass is 10.1. The van der Waals surface area contributed by atoms with E-state index in [1.54, 1.807) is 4.90 Å². The van der Waals surface area contributed by atoms with Crippen molar-refractivity contribution >= 4 is 17.2 Å². The van der Waals surface area contributed by atoms with Crippen LogP contribution in [0, 0.1) is 5.92 Å². The van der Waals surface area contributed by atoms with E-state index in [4.69, 9.17) is 5.73 Å². The Morgan fingerprint density at radius 1 is 1.39 bits per heavy atom. The van der Waals surface area contributed by atoms with Gasteiger partial charge in [0, 0.05) is 12.6 Å². The Morgan fingerprint density at radius 3 is 2.56 bits per heavy atom.